The van der Waals surface area contributed by atoms with Crippen molar-refractivity contribution in [2.24, 2.45) is 5.73 Å². The minimum absolute atomic E-state index is 0.0519. The summed E-state index contributed by atoms with van der Waals surface area (Å²) in [4.78, 5) is 53.1. The van der Waals surface area contributed by atoms with Crippen LogP contribution in [0.4, 0.5) is 10.5 Å². The Hall–Kier alpha value is -4.08. The number of carbonyl (C=O) groups is 4. The highest BCUT2D eigenvalue weighted by Crippen LogP contribution is 2.27. The molecule has 10 nitrogen and oxygen atoms in total. The lowest BCUT2D eigenvalue weighted by Crippen LogP contribution is -2.52. The number of rotatable bonds is 11. The monoisotopic (exact) mass is 540 g/mol. The highest BCUT2D eigenvalue weighted by molar-refractivity contribution is 5.99. The van der Waals surface area contributed by atoms with Crippen molar-refractivity contribution < 1.29 is 28.7 Å². The molecule has 0 spiro atoms. The summed E-state index contributed by atoms with van der Waals surface area (Å²) in [5, 5.41) is 5.45. The molecule has 2 aromatic carbocycles. The van der Waals surface area contributed by atoms with E-state index in [0.29, 0.717) is 17.0 Å². The number of benzene rings is 2. The molecular formula is C29H40N4O6. The molecule has 10 heteroatoms. The van der Waals surface area contributed by atoms with Gasteiger partial charge in [-0.3, -0.25) is 14.4 Å². The SMILES string of the molecule is CCN(C(=O)C(CCC(N)=O)NC(=O)OC(C)(C)C)C(C(=O)Nc1ccc(OC)cc1)c1ccc(C)c(C)c1. The highest BCUT2D eigenvalue weighted by atomic mass is 16.6. The molecule has 0 saturated carbocycles. The van der Waals surface area contributed by atoms with E-state index < -0.39 is 41.5 Å². The topological polar surface area (TPSA) is 140 Å². The van der Waals surface area contributed by atoms with Crippen molar-refractivity contribution in [1.82, 2.24) is 10.2 Å². The van der Waals surface area contributed by atoms with Gasteiger partial charge in [0, 0.05) is 18.7 Å². The Kier molecular flexibility index (Phi) is 10.9. The van der Waals surface area contributed by atoms with Crippen LogP contribution in [-0.2, 0) is 19.1 Å². The van der Waals surface area contributed by atoms with Gasteiger partial charge in [0.05, 0.1) is 7.11 Å². The number of aryl methyl sites for hydroxylation is 2. The number of amides is 4. The minimum Gasteiger partial charge on any atom is -0.497 e. The normalized spacial score (nSPS) is 12.6. The number of carbonyl (C=O) groups excluding carboxylic acids is 4. The Bertz CT molecular complexity index is 1170. The molecule has 4 N–H and O–H groups in total. The van der Waals surface area contributed by atoms with E-state index in [1.54, 1.807) is 65.1 Å². The van der Waals surface area contributed by atoms with E-state index in [9.17, 15) is 19.2 Å². The second kappa shape index (κ2) is 13.6. The molecule has 2 atom stereocenters. The second-order valence-corrected chi connectivity index (χ2v) is 10.3. The lowest BCUT2D eigenvalue weighted by molar-refractivity contribution is -0.140. The number of alkyl carbamates (subject to hydrolysis) is 1. The first-order valence-electron chi connectivity index (χ1n) is 12.9. The van der Waals surface area contributed by atoms with Crippen LogP contribution in [-0.4, -0.2) is 54.0 Å². The zero-order chi connectivity index (χ0) is 29.3. The maximum absolute atomic E-state index is 13.9. The number of methoxy groups -OCH3 is 1. The standard InChI is InChI=1S/C29H40N4O6/c1-8-33(27(36)23(15-16-24(30)34)32-28(37)39-29(4,5)6)25(20-10-9-18(2)19(3)17-20)26(35)31-21-11-13-22(38-7)14-12-21/h9-14,17,23,25H,8,15-16H2,1-7H3,(H2,30,34)(H,31,35)(H,32,37). The minimum atomic E-state index is -1.14. The fourth-order valence-electron chi connectivity index (χ4n) is 3.95. The molecule has 0 saturated heterocycles. The summed E-state index contributed by atoms with van der Waals surface area (Å²) in [5.74, 6) is -0.971. The van der Waals surface area contributed by atoms with E-state index in [2.05, 4.69) is 10.6 Å². The van der Waals surface area contributed by atoms with Crippen molar-refractivity contribution in [2.75, 3.05) is 19.0 Å². The quantitative estimate of drug-likeness (QED) is 0.394. The van der Waals surface area contributed by atoms with Crippen LogP contribution < -0.4 is 21.1 Å². The van der Waals surface area contributed by atoms with Crippen molar-refractivity contribution in [2.45, 2.75) is 72.1 Å². The highest BCUT2D eigenvalue weighted by Gasteiger charge is 2.36. The maximum Gasteiger partial charge on any atom is 0.408 e. The maximum atomic E-state index is 13.9. The smallest absolute Gasteiger partial charge is 0.408 e. The van der Waals surface area contributed by atoms with E-state index in [1.807, 2.05) is 26.0 Å². The van der Waals surface area contributed by atoms with Gasteiger partial charge in [0.25, 0.3) is 5.91 Å². The van der Waals surface area contributed by atoms with Gasteiger partial charge in [-0.15, -0.1) is 0 Å². The van der Waals surface area contributed by atoms with Gasteiger partial charge >= 0.3 is 6.09 Å². The number of nitrogens with two attached hydrogens (primary N) is 1. The fraction of sp³-hybridized carbons (Fsp3) is 0.448. The van der Waals surface area contributed by atoms with E-state index in [-0.39, 0.29) is 19.4 Å². The number of ether oxygens (including phenoxy) is 2. The summed E-state index contributed by atoms with van der Waals surface area (Å²) in [7, 11) is 1.55. The predicted molar refractivity (Wildman–Crippen MR) is 149 cm³/mol. The van der Waals surface area contributed by atoms with Crippen molar-refractivity contribution >= 4 is 29.5 Å². The van der Waals surface area contributed by atoms with E-state index in [1.165, 1.54) is 4.90 Å². The third-order valence-electron chi connectivity index (χ3n) is 6.06. The molecule has 0 aliphatic heterocycles. The second-order valence-electron chi connectivity index (χ2n) is 10.3. The number of anilines is 1. The number of hydrogen-bond donors (Lipinski definition) is 3. The van der Waals surface area contributed by atoms with Gasteiger partial charge in [-0.05, 0) is 88.9 Å². The summed E-state index contributed by atoms with van der Waals surface area (Å²) >= 11 is 0. The zero-order valence-electron chi connectivity index (χ0n) is 23.8. The summed E-state index contributed by atoms with van der Waals surface area (Å²) in [6, 6.07) is 10.2. The molecule has 0 heterocycles. The lowest BCUT2D eigenvalue weighted by atomic mass is 9.98. The van der Waals surface area contributed by atoms with Crippen molar-refractivity contribution in [3.05, 3.63) is 59.2 Å². The van der Waals surface area contributed by atoms with Gasteiger partial charge in [-0.25, -0.2) is 4.79 Å². The molecule has 2 aromatic rings. The largest absolute Gasteiger partial charge is 0.497 e. The summed E-state index contributed by atoms with van der Waals surface area (Å²) in [6.45, 7) is 10.9. The first kappa shape index (κ1) is 31.1. The number of hydrogen-bond acceptors (Lipinski definition) is 6. The average molecular weight is 541 g/mol. The Morgan fingerprint density at radius 3 is 2.15 bits per heavy atom. The molecule has 0 aliphatic rings. The molecule has 0 aliphatic carbocycles. The first-order valence-corrected chi connectivity index (χ1v) is 12.9. The van der Waals surface area contributed by atoms with E-state index in [0.717, 1.165) is 11.1 Å². The van der Waals surface area contributed by atoms with Crippen LogP contribution in [0.3, 0.4) is 0 Å². The molecule has 0 bridgehead atoms. The molecule has 0 fully saturated rings. The molecule has 0 aromatic heterocycles. The Morgan fingerprint density at radius 2 is 1.64 bits per heavy atom. The Morgan fingerprint density at radius 1 is 1.00 bits per heavy atom. The lowest BCUT2D eigenvalue weighted by Gasteiger charge is -2.34. The van der Waals surface area contributed by atoms with Gasteiger partial charge in [0.15, 0.2) is 0 Å². The Balaban J connectivity index is 2.48. The van der Waals surface area contributed by atoms with E-state index in [4.69, 9.17) is 15.2 Å². The molecule has 2 unspecified atom stereocenters. The third kappa shape index (κ3) is 9.31. The van der Waals surface area contributed by atoms with Crippen molar-refractivity contribution in [3.8, 4) is 5.75 Å². The number of nitrogens with one attached hydrogen (secondary N) is 2. The van der Waals surface area contributed by atoms with Crippen LogP contribution >= 0.6 is 0 Å². The van der Waals surface area contributed by atoms with Gasteiger partial charge in [0.2, 0.25) is 11.8 Å². The van der Waals surface area contributed by atoms with Gasteiger partial charge < -0.3 is 30.7 Å². The number of nitrogens with zero attached hydrogens (tertiary/aromatic N) is 1. The van der Waals surface area contributed by atoms with Crippen LogP contribution in [0.5, 0.6) is 5.75 Å². The van der Waals surface area contributed by atoms with Crippen LogP contribution in [0.25, 0.3) is 0 Å². The van der Waals surface area contributed by atoms with Crippen LogP contribution in [0.15, 0.2) is 42.5 Å². The van der Waals surface area contributed by atoms with Gasteiger partial charge in [-0.1, -0.05) is 18.2 Å². The van der Waals surface area contributed by atoms with Crippen molar-refractivity contribution in [1.29, 1.82) is 0 Å². The molecule has 212 valence electrons. The van der Waals surface area contributed by atoms with Gasteiger partial charge in [0.1, 0.15) is 23.4 Å². The predicted octanol–water partition coefficient (Wildman–Crippen LogP) is 4.00. The van der Waals surface area contributed by atoms with E-state index >= 15 is 0 Å². The van der Waals surface area contributed by atoms with Crippen molar-refractivity contribution in [3.63, 3.8) is 0 Å². The molecule has 39 heavy (non-hydrogen) atoms. The Labute approximate surface area is 230 Å². The van der Waals surface area contributed by atoms with Crippen LogP contribution in [0.2, 0.25) is 0 Å². The third-order valence-corrected chi connectivity index (χ3v) is 6.06. The first-order chi connectivity index (χ1) is 18.2. The number of primary amides is 1. The average Bonchev–Trinajstić information content (AvgIpc) is 2.85. The van der Waals surface area contributed by atoms with Gasteiger partial charge in [-0.2, -0.15) is 0 Å². The molecular weight excluding hydrogens is 500 g/mol. The molecule has 0 radical (unpaired) electrons. The van der Waals surface area contributed by atoms with Crippen LogP contribution in [0, 0.1) is 13.8 Å². The fourth-order valence-corrected chi connectivity index (χ4v) is 3.95. The molecule has 4 amide bonds. The summed E-state index contributed by atoms with van der Waals surface area (Å²) < 4.78 is 10.5. The summed E-state index contributed by atoms with van der Waals surface area (Å²) in [5.41, 5.74) is 7.65. The number of likely N-dealkylation sites (N-methyl/N-ethyl adjacent to an activating group) is 1. The van der Waals surface area contributed by atoms with Crippen LogP contribution in [0.1, 0.15) is 63.3 Å². The zero-order valence-corrected chi connectivity index (χ0v) is 23.8. The molecule has 2 rings (SSSR count). The summed E-state index contributed by atoms with van der Waals surface area (Å²) in [6.07, 6.45) is -1.01.